The van der Waals surface area contributed by atoms with Crippen LogP contribution in [0.5, 0.6) is 0 Å². The summed E-state index contributed by atoms with van der Waals surface area (Å²) in [5.41, 5.74) is -0.185. The Morgan fingerprint density at radius 2 is 1.68 bits per heavy atom. The summed E-state index contributed by atoms with van der Waals surface area (Å²) >= 11 is 0. The Bertz CT molecular complexity index is 1890. The van der Waals surface area contributed by atoms with Crippen LogP contribution < -0.4 is 0 Å². The van der Waals surface area contributed by atoms with Gasteiger partial charge in [0.05, 0.1) is 57.6 Å². The van der Waals surface area contributed by atoms with Gasteiger partial charge >= 0.3 is 5.97 Å². The van der Waals surface area contributed by atoms with Crippen molar-refractivity contribution in [2.24, 2.45) is 23.7 Å². The molecule has 0 aromatic carbocycles. The first-order valence-electron chi connectivity index (χ1n) is 25.8. The lowest BCUT2D eigenvalue weighted by molar-refractivity contribution is -0.340. The van der Waals surface area contributed by atoms with Gasteiger partial charge in [0, 0.05) is 52.1 Å². The average Bonchev–Trinajstić information content (AvgIpc) is 3.58. The van der Waals surface area contributed by atoms with Gasteiger partial charge in [-0.1, -0.05) is 64.5 Å². The summed E-state index contributed by atoms with van der Waals surface area (Å²) in [6, 6.07) is 0. The van der Waals surface area contributed by atoms with Gasteiger partial charge in [-0.25, -0.2) is 0 Å². The summed E-state index contributed by atoms with van der Waals surface area (Å²) in [5, 5.41) is 34.4. The highest BCUT2D eigenvalue weighted by Gasteiger charge is 2.60. The maximum Gasteiger partial charge on any atom is 0.316 e. The molecule has 0 radical (unpaired) electrons. The Balaban J connectivity index is 1.19. The van der Waals surface area contributed by atoms with Gasteiger partial charge in [0.25, 0.3) is 0 Å². The monoisotopic (exact) mass is 881 g/mol. The summed E-state index contributed by atoms with van der Waals surface area (Å²) in [7, 11) is -5.63. The van der Waals surface area contributed by atoms with Crippen LogP contribution >= 0.6 is 0 Å². The number of carbonyl (C=O) groups excluding carboxylic acids is 1. The maximum absolute atomic E-state index is 14.4. The number of carbonyl (C=O) groups is 1. The summed E-state index contributed by atoms with van der Waals surface area (Å²) in [4.78, 5) is 14.4. The van der Waals surface area contributed by atoms with Crippen LogP contribution in [0, 0.1) is 23.7 Å². The minimum Gasteiger partial charge on any atom is -0.462 e. The Labute approximate surface area is 376 Å². The second-order valence-electron chi connectivity index (χ2n) is 19.1. The van der Waals surface area contributed by atoms with Gasteiger partial charge in [-0.05, 0) is 69.1 Å². The van der Waals surface area contributed by atoms with Crippen LogP contribution in [0.1, 0.15) is 115 Å². The van der Waals surface area contributed by atoms with E-state index >= 15 is 0 Å². The van der Waals surface area contributed by atoms with E-state index in [9.17, 15) is 20.1 Å². The third kappa shape index (κ3) is 9.73. The Morgan fingerprint density at radius 3 is 2.44 bits per heavy atom. The van der Waals surface area contributed by atoms with Gasteiger partial charge in [0.15, 0.2) is 18.4 Å². The number of allylic oxidation sites excluding steroid dienone is 2. The fourth-order valence-electron chi connectivity index (χ4n) is 10.7. The molecule has 3 N–H and O–H groups in total. The predicted octanol–water partition coefficient (Wildman–Crippen LogP) is 5.60. The molecule has 7 rings (SSSR count). The highest BCUT2D eigenvalue weighted by atomic mass is 16.7. The van der Waals surface area contributed by atoms with E-state index in [0.29, 0.717) is 42.7 Å². The van der Waals surface area contributed by atoms with Crippen molar-refractivity contribution >= 4 is 5.97 Å². The molecule has 6 heterocycles. The van der Waals surface area contributed by atoms with Crippen LogP contribution in [0.3, 0.4) is 0 Å². The third-order valence-electron chi connectivity index (χ3n) is 14.6. The molecule has 0 aromatic heterocycles. The molecule has 62 heavy (non-hydrogen) atoms. The Hall–Kier alpha value is -2.05. The lowest BCUT2D eigenvalue weighted by Gasteiger charge is -2.51. The molecule has 0 saturated carbocycles. The highest BCUT2D eigenvalue weighted by molar-refractivity contribution is 5.78. The molecule has 5 fully saturated rings. The largest absolute Gasteiger partial charge is 0.462 e. The normalized spacial score (nSPS) is 51.2. The van der Waals surface area contributed by atoms with E-state index in [1.54, 1.807) is 39.0 Å². The van der Waals surface area contributed by atoms with Gasteiger partial charge in [0.1, 0.15) is 42.0 Å². The molecule has 1 spiro atoms. The molecule has 0 amide bonds. The third-order valence-corrected chi connectivity index (χ3v) is 14.6. The first-order chi connectivity index (χ1) is 31.8. The van der Waals surface area contributed by atoms with E-state index in [1.165, 1.54) is 0 Å². The van der Waals surface area contributed by atoms with E-state index in [-0.39, 0.29) is 37.4 Å². The Morgan fingerprint density at radius 1 is 0.952 bits per heavy atom. The lowest BCUT2D eigenvalue weighted by atomic mass is 9.71. The molecule has 14 heteroatoms. The molecular weight excluding hydrogens is 801 g/mol. The molecule has 20 atom stereocenters. The van der Waals surface area contributed by atoms with Crippen LogP contribution in [0.25, 0.3) is 0 Å². The first kappa shape index (κ1) is 40.2. The zero-order valence-corrected chi connectivity index (χ0v) is 37.5. The Kier molecular flexibility index (Phi) is 12.9. The molecule has 5 saturated heterocycles. The maximum atomic E-state index is 14.4. The van der Waals surface area contributed by atoms with Gasteiger partial charge in [-0.2, -0.15) is 0 Å². The molecule has 350 valence electrons. The SMILES string of the molecule is [2H]C([2H])([2H])O[C@H]1C[C@H](O[C@H]2[C@H](C)O[C@@H](O[C@@H]3/C(C)=C/C[C@@H]4C[C@@H](C[C@]5(CC[C@H](C)[C@@H]([C@@H](C)CC)O5)O4)OC(=O)[C@@H]4C=C(C)[C@@H](O)[C@H]5OC/C(=C\C=C\[C@@H]3C)[C@]54O)C[C@@H]2OC([2H])([2H])[2H])O[C@@H](C)[C@@H]1O. The number of aliphatic hydroxyl groups is 3. The number of aliphatic hydroxyl groups excluding tert-OH is 2. The van der Waals surface area contributed by atoms with E-state index in [2.05, 4.69) is 20.8 Å². The number of fused-ring (bicyclic) bond motifs is 2. The van der Waals surface area contributed by atoms with Crippen LogP contribution in [-0.4, -0.2) is 139 Å². The minimum atomic E-state index is -2.84. The van der Waals surface area contributed by atoms with Crippen molar-refractivity contribution in [2.75, 3.05) is 20.7 Å². The van der Waals surface area contributed by atoms with Crippen LogP contribution in [-0.2, 0) is 52.2 Å². The first-order valence-corrected chi connectivity index (χ1v) is 22.8. The van der Waals surface area contributed by atoms with Crippen molar-refractivity contribution in [3.63, 3.8) is 0 Å². The van der Waals surface area contributed by atoms with Gasteiger partial charge < -0.3 is 62.7 Å². The van der Waals surface area contributed by atoms with Crippen molar-refractivity contribution in [1.82, 2.24) is 0 Å². The summed E-state index contributed by atoms with van der Waals surface area (Å²) in [6.07, 6.45) is -0.105. The second kappa shape index (κ2) is 19.8. The molecule has 1 aliphatic carbocycles. The number of rotatable bonds is 8. The van der Waals surface area contributed by atoms with Crippen LogP contribution in [0.2, 0.25) is 0 Å². The number of methoxy groups -OCH3 is 2. The van der Waals surface area contributed by atoms with E-state index < -0.39 is 117 Å². The zero-order valence-electron chi connectivity index (χ0n) is 43.5. The predicted molar refractivity (Wildman–Crippen MR) is 227 cm³/mol. The van der Waals surface area contributed by atoms with E-state index in [4.69, 9.17) is 55.6 Å². The van der Waals surface area contributed by atoms with E-state index in [1.807, 2.05) is 26.0 Å². The molecule has 2 bridgehead atoms. The molecular formula is C48H74O14. The van der Waals surface area contributed by atoms with Crippen molar-refractivity contribution < 1.29 is 75.7 Å². The number of ether oxygens (including phenoxy) is 10. The van der Waals surface area contributed by atoms with Gasteiger partial charge in [-0.15, -0.1) is 0 Å². The van der Waals surface area contributed by atoms with Crippen molar-refractivity contribution in [3.8, 4) is 0 Å². The number of hydrogen-bond acceptors (Lipinski definition) is 14. The topological polar surface area (TPSA) is 170 Å². The molecule has 6 aliphatic heterocycles. The average molecular weight is 881 g/mol. The zero-order chi connectivity index (χ0) is 49.7. The summed E-state index contributed by atoms with van der Waals surface area (Å²) < 4.78 is 110. The fraction of sp³-hybridized carbons (Fsp3) is 0.812. The van der Waals surface area contributed by atoms with E-state index in [0.717, 1.165) is 18.4 Å². The molecule has 0 aromatic rings. The summed E-state index contributed by atoms with van der Waals surface area (Å²) in [5.74, 6) is -2.59. The quantitative estimate of drug-likeness (QED) is 0.203. The number of esters is 1. The standard InChI is InChI=1S/C48H74O14/c1-11-25(2)43-28(5)17-18-47(62-43)23-34-20-33(61-47)16-15-27(4)42(26(3)13-12-14-32-24-55-45-40(49)29(6)19-35(46(51)58-34)48(32,45)52)59-39-22-37(54-10)44(31(8)57-39)60-38-21-36(53-9)41(50)30(7)56-38/h12-15,19,25-26,28,30-31,33-45,49-50,52H,11,16-18,20-24H2,1-10H3/b13-12+,27-15+,32-14+/t25-,26-,28-,30-,31-,33+,34-,35-,36-,37-,38-,39-,40+,41-,42-,43+,44-,45+,47+,48+/m0/s1/i9D3,10D3. The van der Waals surface area contributed by atoms with Crippen LogP contribution in [0.15, 0.2) is 47.1 Å². The lowest BCUT2D eigenvalue weighted by Crippen LogP contribution is -2.58. The smallest absolute Gasteiger partial charge is 0.316 e. The summed E-state index contributed by atoms with van der Waals surface area (Å²) in [6.45, 7) is 15.3. The van der Waals surface area contributed by atoms with Crippen molar-refractivity contribution in [3.05, 3.63) is 47.1 Å². The molecule has 7 aliphatic rings. The molecule has 14 nitrogen and oxygen atoms in total. The van der Waals surface area contributed by atoms with Crippen LogP contribution in [0.4, 0.5) is 0 Å². The van der Waals surface area contributed by atoms with Crippen molar-refractivity contribution in [1.29, 1.82) is 0 Å². The minimum absolute atomic E-state index is 0.0351. The number of hydrogen-bond donors (Lipinski definition) is 3. The highest BCUT2D eigenvalue weighted by Crippen LogP contribution is 2.48. The van der Waals surface area contributed by atoms with Crippen molar-refractivity contribution in [2.45, 2.75) is 204 Å². The second-order valence-corrected chi connectivity index (χ2v) is 19.1. The van der Waals surface area contributed by atoms with Gasteiger partial charge in [-0.3, -0.25) is 4.79 Å². The fourth-order valence-corrected chi connectivity index (χ4v) is 10.7. The molecule has 0 unspecified atom stereocenters. The van der Waals surface area contributed by atoms with Gasteiger partial charge in [0.2, 0.25) is 0 Å².